The topological polar surface area (TPSA) is 80.3 Å². The van der Waals surface area contributed by atoms with Crippen LogP contribution >= 0.6 is 23.2 Å². The molecule has 0 aliphatic heterocycles. The first-order valence-corrected chi connectivity index (χ1v) is 8.35. The Balaban J connectivity index is 4.20. The van der Waals surface area contributed by atoms with Crippen LogP contribution in [0.5, 0.6) is 0 Å². The molecule has 2 atom stereocenters. The van der Waals surface area contributed by atoms with E-state index < -0.39 is 34.6 Å². The van der Waals surface area contributed by atoms with Gasteiger partial charge in [0.05, 0.1) is 18.8 Å². The Morgan fingerprint density at radius 1 is 0.917 bits per heavy atom. The van der Waals surface area contributed by atoms with Crippen LogP contribution in [-0.4, -0.2) is 47.9 Å². The van der Waals surface area contributed by atoms with Gasteiger partial charge in [-0.3, -0.25) is 0 Å². The third-order valence-corrected chi connectivity index (χ3v) is 2.79. The van der Waals surface area contributed by atoms with Crippen molar-refractivity contribution in [1.29, 1.82) is 0 Å². The van der Waals surface area contributed by atoms with E-state index in [1.165, 1.54) is 13.8 Å². The van der Waals surface area contributed by atoms with Crippen LogP contribution in [0.3, 0.4) is 0 Å². The van der Waals surface area contributed by atoms with E-state index in [-0.39, 0.29) is 13.2 Å². The Labute approximate surface area is 152 Å². The lowest BCUT2D eigenvalue weighted by Gasteiger charge is -2.31. The minimum absolute atomic E-state index is 0.0997. The maximum atomic E-state index is 11.5. The highest BCUT2D eigenvalue weighted by Crippen LogP contribution is 2.20. The van der Waals surface area contributed by atoms with Gasteiger partial charge in [0.1, 0.15) is 5.60 Å². The third-order valence-electron chi connectivity index (χ3n) is 2.61. The zero-order valence-electron chi connectivity index (χ0n) is 14.9. The highest BCUT2D eigenvalue weighted by atomic mass is 35.5. The van der Waals surface area contributed by atoms with E-state index in [1.54, 1.807) is 13.8 Å². The molecule has 0 saturated carbocycles. The van der Waals surface area contributed by atoms with Gasteiger partial charge >= 0.3 is 12.3 Å². The van der Waals surface area contributed by atoms with E-state index in [2.05, 4.69) is 4.74 Å². The summed E-state index contributed by atoms with van der Waals surface area (Å²) in [6, 6.07) is 0. The first-order valence-electron chi connectivity index (χ1n) is 7.48. The Morgan fingerprint density at radius 2 is 1.42 bits per heavy atom. The van der Waals surface area contributed by atoms with Crippen molar-refractivity contribution in [3.63, 3.8) is 0 Å². The molecule has 0 heterocycles. The lowest BCUT2D eigenvalue weighted by molar-refractivity contribution is -0.114. The van der Waals surface area contributed by atoms with Crippen LogP contribution < -0.4 is 0 Å². The van der Waals surface area contributed by atoms with Crippen LogP contribution in [0, 0.1) is 0 Å². The maximum absolute atomic E-state index is 11.5. The number of hydrogen-bond donors (Lipinski definition) is 0. The Morgan fingerprint density at radius 3 is 1.92 bits per heavy atom. The van der Waals surface area contributed by atoms with E-state index in [0.29, 0.717) is 6.42 Å². The van der Waals surface area contributed by atoms with Crippen molar-refractivity contribution in [2.75, 3.05) is 13.2 Å². The number of carbonyl (C=O) groups is 2. The number of alkyl halides is 2. The van der Waals surface area contributed by atoms with Gasteiger partial charge in [0.2, 0.25) is 0 Å². The fourth-order valence-electron chi connectivity index (χ4n) is 1.40. The van der Waals surface area contributed by atoms with Gasteiger partial charge in [0.25, 0.3) is 0 Å². The Kier molecular flexibility index (Phi) is 9.77. The zero-order chi connectivity index (χ0) is 19.0. The second kappa shape index (κ2) is 10.2. The van der Waals surface area contributed by atoms with Gasteiger partial charge in [0, 0.05) is 6.42 Å². The second-order valence-electron chi connectivity index (χ2n) is 6.33. The second-order valence-corrected chi connectivity index (χ2v) is 7.56. The minimum Gasteiger partial charge on any atom is -0.434 e. The highest BCUT2D eigenvalue weighted by Gasteiger charge is 2.29. The molecule has 0 saturated heterocycles. The number of hydrogen-bond acceptors (Lipinski definition) is 7. The molecule has 9 heteroatoms. The smallest absolute Gasteiger partial charge is 0.434 e. The predicted octanol–water partition coefficient (Wildman–Crippen LogP) is 4.43. The summed E-state index contributed by atoms with van der Waals surface area (Å²) >= 11 is 11.1. The van der Waals surface area contributed by atoms with Crippen molar-refractivity contribution < 1.29 is 33.3 Å². The molecule has 0 aromatic rings. The first-order chi connectivity index (χ1) is 10.8. The normalized spacial score (nSPS) is 14.5. The van der Waals surface area contributed by atoms with Gasteiger partial charge in [-0.25, -0.2) is 9.59 Å². The quantitative estimate of drug-likeness (QED) is 0.426. The average Bonchev–Trinajstić information content (AvgIpc) is 2.33. The van der Waals surface area contributed by atoms with Crippen LogP contribution in [0.1, 0.15) is 48.0 Å². The summed E-state index contributed by atoms with van der Waals surface area (Å²) in [6.45, 7) is 10.2. The van der Waals surface area contributed by atoms with Crippen LogP contribution in [-0.2, 0) is 23.7 Å². The third kappa shape index (κ3) is 12.5. The summed E-state index contributed by atoms with van der Waals surface area (Å²) < 4.78 is 25.1. The SMILES string of the molecule is CC(Cl)OC(=O)OCCC(C)(C)OCC(C)(C)OC(=O)OC(C)Cl. The van der Waals surface area contributed by atoms with Crippen molar-refractivity contribution in [3.8, 4) is 0 Å². The number of halogens is 2. The van der Waals surface area contributed by atoms with Crippen molar-refractivity contribution in [3.05, 3.63) is 0 Å². The number of carbonyl (C=O) groups excluding carboxylic acids is 2. The predicted molar refractivity (Wildman–Crippen MR) is 89.4 cm³/mol. The average molecular weight is 389 g/mol. The molecule has 0 aromatic heterocycles. The lowest BCUT2D eigenvalue weighted by atomic mass is 10.0. The van der Waals surface area contributed by atoms with Gasteiger partial charge in [-0.15, -0.1) is 0 Å². The summed E-state index contributed by atoms with van der Waals surface area (Å²) in [4.78, 5) is 22.7. The van der Waals surface area contributed by atoms with Gasteiger partial charge in [-0.05, 0) is 41.5 Å². The van der Waals surface area contributed by atoms with Crippen molar-refractivity contribution in [2.45, 2.75) is 70.3 Å². The Hall–Kier alpha value is -0.920. The summed E-state index contributed by atoms with van der Waals surface area (Å²) in [5.41, 5.74) is -3.06. The van der Waals surface area contributed by atoms with Gasteiger partial charge in [-0.1, -0.05) is 23.2 Å². The molecule has 2 unspecified atom stereocenters. The standard InChI is InChI=1S/C15H26Cl2O7/c1-10(16)22-12(18)20-8-7-14(3,4)21-9-15(5,6)24-13(19)23-11(2)17/h10-11H,7-9H2,1-6H3. The molecular weight excluding hydrogens is 363 g/mol. The first kappa shape index (κ1) is 23.1. The van der Waals surface area contributed by atoms with Gasteiger partial charge < -0.3 is 23.7 Å². The van der Waals surface area contributed by atoms with Crippen LogP contribution in [0.25, 0.3) is 0 Å². The largest absolute Gasteiger partial charge is 0.510 e. The van der Waals surface area contributed by atoms with Crippen LogP contribution in [0.15, 0.2) is 0 Å². The molecular formula is C15H26Cl2O7. The van der Waals surface area contributed by atoms with E-state index >= 15 is 0 Å². The van der Waals surface area contributed by atoms with E-state index in [0.717, 1.165) is 0 Å². The summed E-state index contributed by atoms with van der Waals surface area (Å²) in [5.74, 6) is 0. The highest BCUT2D eigenvalue weighted by molar-refractivity contribution is 6.20. The van der Waals surface area contributed by atoms with E-state index in [4.69, 9.17) is 42.1 Å². The molecule has 0 amide bonds. The minimum atomic E-state index is -0.909. The molecule has 0 N–H and O–H groups in total. The fourth-order valence-corrected chi connectivity index (χ4v) is 1.55. The van der Waals surface area contributed by atoms with E-state index in [1.807, 2.05) is 13.8 Å². The van der Waals surface area contributed by atoms with Crippen molar-refractivity contribution in [2.24, 2.45) is 0 Å². The summed E-state index contributed by atoms with van der Waals surface area (Å²) in [5, 5.41) is 0. The molecule has 0 rings (SSSR count). The van der Waals surface area contributed by atoms with Gasteiger partial charge in [-0.2, -0.15) is 0 Å². The van der Waals surface area contributed by atoms with Crippen molar-refractivity contribution >= 4 is 35.5 Å². The summed E-state index contributed by atoms with van der Waals surface area (Å²) in [6.07, 6.45) is -1.29. The monoisotopic (exact) mass is 388 g/mol. The van der Waals surface area contributed by atoms with Gasteiger partial charge in [0.15, 0.2) is 11.1 Å². The Bertz CT molecular complexity index is 409. The molecule has 24 heavy (non-hydrogen) atoms. The van der Waals surface area contributed by atoms with Crippen LogP contribution in [0.4, 0.5) is 9.59 Å². The van der Waals surface area contributed by atoms with E-state index in [9.17, 15) is 9.59 Å². The molecule has 0 bridgehead atoms. The van der Waals surface area contributed by atoms with Crippen LogP contribution in [0.2, 0.25) is 0 Å². The summed E-state index contributed by atoms with van der Waals surface area (Å²) in [7, 11) is 0. The lowest BCUT2D eigenvalue weighted by Crippen LogP contribution is -2.39. The maximum Gasteiger partial charge on any atom is 0.510 e. The molecule has 0 radical (unpaired) electrons. The molecule has 0 aliphatic carbocycles. The fraction of sp³-hybridized carbons (Fsp3) is 0.867. The molecule has 142 valence electrons. The molecule has 0 spiro atoms. The zero-order valence-corrected chi connectivity index (χ0v) is 16.4. The number of rotatable bonds is 9. The molecule has 0 aromatic carbocycles. The number of ether oxygens (including phenoxy) is 5. The molecule has 0 aliphatic rings. The molecule has 0 fully saturated rings. The molecule has 7 nitrogen and oxygen atoms in total. The van der Waals surface area contributed by atoms with Crippen molar-refractivity contribution in [1.82, 2.24) is 0 Å².